The molecule has 1 atom stereocenters. The third-order valence-corrected chi connectivity index (χ3v) is 2.29. The Morgan fingerprint density at radius 1 is 1.53 bits per heavy atom. The first-order valence-electron chi connectivity index (χ1n) is 5.20. The van der Waals surface area contributed by atoms with Crippen molar-refractivity contribution in [3.05, 3.63) is 29.8 Å². The summed E-state index contributed by atoms with van der Waals surface area (Å²) in [5.74, 6) is -0.0388. The van der Waals surface area contributed by atoms with E-state index < -0.39 is 6.04 Å². The van der Waals surface area contributed by atoms with E-state index in [-0.39, 0.29) is 5.91 Å². The zero-order valence-electron chi connectivity index (χ0n) is 9.53. The molecule has 0 aliphatic heterocycles. The Labute approximate surface area is 90.9 Å². The van der Waals surface area contributed by atoms with Crippen LogP contribution in [0.15, 0.2) is 24.3 Å². The highest BCUT2D eigenvalue weighted by Crippen LogP contribution is 2.16. The van der Waals surface area contributed by atoms with E-state index in [2.05, 4.69) is 0 Å². The number of hydrogen-bond acceptors (Lipinski definition) is 2. The third kappa shape index (κ3) is 2.80. The molecule has 0 aliphatic carbocycles. The number of nitrogens with two attached hydrogens (primary N) is 1. The maximum atomic E-state index is 11.8. The SMILES string of the molecule is CCN(C(=O)[C@H](C)N)c1cccc(C)c1. The molecule has 0 saturated heterocycles. The Morgan fingerprint density at radius 2 is 2.20 bits per heavy atom. The molecule has 0 unspecified atom stereocenters. The second-order valence-corrected chi connectivity index (χ2v) is 3.71. The van der Waals surface area contributed by atoms with Gasteiger partial charge in [0.15, 0.2) is 0 Å². The molecule has 15 heavy (non-hydrogen) atoms. The fourth-order valence-corrected chi connectivity index (χ4v) is 1.51. The number of amides is 1. The van der Waals surface area contributed by atoms with E-state index >= 15 is 0 Å². The van der Waals surface area contributed by atoms with Gasteiger partial charge in [-0.05, 0) is 38.5 Å². The van der Waals surface area contributed by atoms with Crippen LogP contribution in [0.25, 0.3) is 0 Å². The monoisotopic (exact) mass is 206 g/mol. The molecule has 2 N–H and O–H groups in total. The van der Waals surface area contributed by atoms with E-state index in [0.29, 0.717) is 6.54 Å². The van der Waals surface area contributed by atoms with E-state index in [1.807, 2.05) is 38.1 Å². The standard InChI is InChI=1S/C12H18N2O/c1-4-14(12(15)10(3)13)11-7-5-6-9(2)8-11/h5-8,10H,4,13H2,1-3H3/t10-/m0/s1. The largest absolute Gasteiger partial charge is 0.320 e. The number of likely N-dealkylation sites (N-methyl/N-ethyl adjacent to an activating group) is 1. The van der Waals surface area contributed by atoms with Gasteiger partial charge in [-0.25, -0.2) is 0 Å². The summed E-state index contributed by atoms with van der Waals surface area (Å²) in [7, 11) is 0. The van der Waals surface area contributed by atoms with Gasteiger partial charge in [-0.2, -0.15) is 0 Å². The summed E-state index contributed by atoms with van der Waals surface area (Å²) < 4.78 is 0. The predicted octanol–water partition coefficient (Wildman–Crippen LogP) is 1.70. The van der Waals surface area contributed by atoms with E-state index in [9.17, 15) is 4.79 Å². The summed E-state index contributed by atoms with van der Waals surface area (Å²) in [6.45, 7) is 6.31. The van der Waals surface area contributed by atoms with Crippen molar-refractivity contribution in [1.29, 1.82) is 0 Å². The minimum atomic E-state index is -0.453. The second kappa shape index (κ2) is 4.94. The number of carbonyl (C=O) groups is 1. The van der Waals surface area contributed by atoms with Crippen LogP contribution < -0.4 is 10.6 Å². The lowest BCUT2D eigenvalue weighted by molar-refractivity contribution is -0.119. The molecule has 3 heteroatoms. The Balaban J connectivity index is 2.97. The number of rotatable bonds is 3. The maximum absolute atomic E-state index is 11.8. The van der Waals surface area contributed by atoms with Gasteiger partial charge in [0.05, 0.1) is 6.04 Å². The molecule has 0 aromatic heterocycles. The molecule has 1 rings (SSSR count). The summed E-state index contributed by atoms with van der Waals surface area (Å²) in [6, 6.07) is 7.42. The van der Waals surface area contributed by atoms with Crippen molar-refractivity contribution < 1.29 is 4.79 Å². The minimum Gasteiger partial charge on any atom is -0.320 e. The number of benzene rings is 1. The molecule has 3 nitrogen and oxygen atoms in total. The molecule has 0 radical (unpaired) electrons. The van der Waals surface area contributed by atoms with Gasteiger partial charge in [0, 0.05) is 12.2 Å². The quantitative estimate of drug-likeness (QED) is 0.818. The molecule has 1 aromatic carbocycles. The first-order valence-corrected chi connectivity index (χ1v) is 5.20. The van der Waals surface area contributed by atoms with Crippen LogP contribution in [-0.2, 0) is 4.79 Å². The molecule has 82 valence electrons. The molecular weight excluding hydrogens is 188 g/mol. The van der Waals surface area contributed by atoms with Crippen molar-refractivity contribution in [2.75, 3.05) is 11.4 Å². The summed E-state index contributed by atoms with van der Waals surface area (Å²) in [5, 5.41) is 0. The van der Waals surface area contributed by atoms with Crippen LogP contribution in [0, 0.1) is 6.92 Å². The lowest BCUT2D eigenvalue weighted by Gasteiger charge is -2.23. The van der Waals surface area contributed by atoms with Crippen molar-refractivity contribution in [3.8, 4) is 0 Å². The van der Waals surface area contributed by atoms with Gasteiger partial charge in [0.1, 0.15) is 0 Å². The van der Waals surface area contributed by atoms with Gasteiger partial charge in [-0.3, -0.25) is 4.79 Å². The van der Waals surface area contributed by atoms with Gasteiger partial charge >= 0.3 is 0 Å². The van der Waals surface area contributed by atoms with Crippen molar-refractivity contribution in [2.24, 2.45) is 5.73 Å². The normalized spacial score (nSPS) is 12.3. The first-order chi connectivity index (χ1) is 7.06. The summed E-state index contributed by atoms with van der Waals surface area (Å²) in [4.78, 5) is 13.5. The Kier molecular flexibility index (Phi) is 3.86. The van der Waals surface area contributed by atoms with Crippen LogP contribution in [0.3, 0.4) is 0 Å². The highest BCUT2D eigenvalue weighted by atomic mass is 16.2. The molecule has 0 heterocycles. The van der Waals surface area contributed by atoms with E-state index in [1.165, 1.54) is 0 Å². The summed E-state index contributed by atoms with van der Waals surface area (Å²) in [5.41, 5.74) is 7.66. The summed E-state index contributed by atoms with van der Waals surface area (Å²) >= 11 is 0. The summed E-state index contributed by atoms with van der Waals surface area (Å²) in [6.07, 6.45) is 0. The van der Waals surface area contributed by atoms with Gasteiger partial charge in [0.2, 0.25) is 5.91 Å². The topological polar surface area (TPSA) is 46.3 Å². The molecule has 0 aliphatic rings. The number of nitrogens with zero attached hydrogens (tertiary/aromatic N) is 1. The molecule has 0 fully saturated rings. The number of hydrogen-bond donors (Lipinski definition) is 1. The number of aryl methyl sites for hydroxylation is 1. The Morgan fingerprint density at radius 3 is 2.67 bits per heavy atom. The lowest BCUT2D eigenvalue weighted by atomic mass is 10.2. The lowest BCUT2D eigenvalue weighted by Crippen LogP contribution is -2.42. The molecule has 1 amide bonds. The fraction of sp³-hybridized carbons (Fsp3) is 0.417. The van der Waals surface area contributed by atoms with Gasteiger partial charge in [-0.1, -0.05) is 12.1 Å². The fourth-order valence-electron chi connectivity index (χ4n) is 1.51. The van der Waals surface area contributed by atoms with Crippen LogP contribution in [0.4, 0.5) is 5.69 Å². The molecule has 0 bridgehead atoms. The second-order valence-electron chi connectivity index (χ2n) is 3.71. The number of carbonyl (C=O) groups excluding carboxylic acids is 1. The van der Waals surface area contributed by atoms with E-state index in [1.54, 1.807) is 11.8 Å². The maximum Gasteiger partial charge on any atom is 0.243 e. The van der Waals surface area contributed by atoms with E-state index in [4.69, 9.17) is 5.73 Å². The predicted molar refractivity (Wildman–Crippen MR) is 62.9 cm³/mol. The number of anilines is 1. The van der Waals surface area contributed by atoms with Crippen LogP contribution >= 0.6 is 0 Å². The zero-order valence-corrected chi connectivity index (χ0v) is 9.53. The van der Waals surface area contributed by atoms with Gasteiger partial charge in [0.25, 0.3) is 0 Å². The van der Waals surface area contributed by atoms with Crippen LogP contribution in [0.1, 0.15) is 19.4 Å². The van der Waals surface area contributed by atoms with Gasteiger partial charge < -0.3 is 10.6 Å². The molecule has 1 aromatic rings. The van der Waals surface area contributed by atoms with Crippen molar-refractivity contribution in [2.45, 2.75) is 26.8 Å². The molecule has 0 saturated carbocycles. The Bertz CT molecular complexity index is 347. The van der Waals surface area contributed by atoms with Crippen molar-refractivity contribution >= 4 is 11.6 Å². The minimum absolute atomic E-state index is 0.0388. The van der Waals surface area contributed by atoms with Crippen molar-refractivity contribution in [3.63, 3.8) is 0 Å². The highest BCUT2D eigenvalue weighted by Gasteiger charge is 2.17. The average Bonchev–Trinajstić information content (AvgIpc) is 2.18. The third-order valence-electron chi connectivity index (χ3n) is 2.29. The van der Waals surface area contributed by atoms with Crippen LogP contribution in [0.2, 0.25) is 0 Å². The highest BCUT2D eigenvalue weighted by molar-refractivity contribution is 5.96. The Hall–Kier alpha value is -1.35. The smallest absolute Gasteiger partial charge is 0.243 e. The average molecular weight is 206 g/mol. The first kappa shape index (κ1) is 11.7. The van der Waals surface area contributed by atoms with Crippen LogP contribution in [-0.4, -0.2) is 18.5 Å². The zero-order chi connectivity index (χ0) is 11.4. The van der Waals surface area contributed by atoms with Crippen molar-refractivity contribution in [1.82, 2.24) is 0 Å². The molecular formula is C12H18N2O. The van der Waals surface area contributed by atoms with E-state index in [0.717, 1.165) is 11.3 Å². The van der Waals surface area contributed by atoms with Gasteiger partial charge in [-0.15, -0.1) is 0 Å². The molecule has 0 spiro atoms. The van der Waals surface area contributed by atoms with Crippen LogP contribution in [0.5, 0.6) is 0 Å².